The van der Waals surface area contributed by atoms with Gasteiger partial charge >= 0.3 is 0 Å². The predicted octanol–water partition coefficient (Wildman–Crippen LogP) is 1.47. The number of likely N-dealkylation sites (tertiary alicyclic amines) is 1. The second kappa shape index (κ2) is 10.4. The number of likely N-dealkylation sites (N-methyl/N-ethyl adjacent to an activating group) is 1. The first-order valence-corrected chi connectivity index (χ1v) is 6.43. The minimum absolute atomic E-state index is 0.254. The molecule has 1 unspecified atom stereocenters. The maximum atomic E-state index is 9.10. The van der Waals surface area contributed by atoms with E-state index in [1.54, 1.807) is 0 Å². The predicted molar refractivity (Wildman–Crippen MR) is 66.2 cm³/mol. The first-order valence-electron chi connectivity index (χ1n) is 6.43. The van der Waals surface area contributed by atoms with Gasteiger partial charge in [0.05, 0.1) is 6.61 Å². The number of nitrogens with one attached hydrogen (secondary N) is 1. The van der Waals surface area contributed by atoms with Crippen molar-refractivity contribution in [3.63, 3.8) is 0 Å². The molecule has 0 bridgehead atoms. The van der Waals surface area contributed by atoms with Crippen LogP contribution < -0.4 is 5.32 Å². The van der Waals surface area contributed by atoms with Crippen LogP contribution in [0.1, 0.15) is 40.0 Å². The maximum absolute atomic E-state index is 9.10. The molecule has 1 atom stereocenters. The second-order valence-corrected chi connectivity index (χ2v) is 3.80. The van der Waals surface area contributed by atoms with Gasteiger partial charge in [-0.2, -0.15) is 0 Å². The molecular weight excluding hydrogens is 188 g/mol. The summed E-state index contributed by atoms with van der Waals surface area (Å²) in [6.45, 7) is 10.7. The minimum Gasteiger partial charge on any atom is -0.395 e. The minimum atomic E-state index is 0.254. The Bertz CT molecular complexity index is 122. The molecule has 1 fully saturated rings. The number of rotatable bonds is 5. The SMILES string of the molecule is CC.CCNC(CO)CN1CCCCC1. The molecule has 3 heteroatoms. The van der Waals surface area contributed by atoms with E-state index in [2.05, 4.69) is 17.1 Å². The Balaban J connectivity index is 0.000000921. The normalized spacial score (nSPS) is 19.2. The van der Waals surface area contributed by atoms with Crippen molar-refractivity contribution in [2.45, 2.75) is 46.1 Å². The molecule has 1 heterocycles. The van der Waals surface area contributed by atoms with E-state index in [-0.39, 0.29) is 12.6 Å². The van der Waals surface area contributed by atoms with Gasteiger partial charge in [0.15, 0.2) is 0 Å². The Morgan fingerprint density at radius 3 is 2.27 bits per heavy atom. The van der Waals surface area contributed by atoms with Crippen LogP contribution in [0.15, 0.2) is 0 Å². The van der Waals surface area contributed by atoms with Crippen LogP contribution in [0.5, 0.6) is 0 Å². The van der Waals surface area contributed by atoms with Gasteiger partial charge in [0.1, 0.15) is 0 Å². The highest BCUT2D eigenvalue weighted by molar-refractivity contribution is 4.73. The summed E-state index contributed by atoms with van der Waals surface area (Å²) >= 11 is 0. The average molecular weight is 216 g/mol. The Hall–Kier alpha value is -0.120. The van der Waals surface area contributed by atoms with E-state index in [4.69, 9.17) is 5.11 Å². The van der Waals surface area contributed by atoms with Crippen LogP contribution in [0.25, 0.3) is 0 Å². The standard InChI is InChI=1S/C10H22N2O.C2H6/c1-2-11-10(9-13)8-12-6-4-3-5-7-12;1-2/h10-11,13H,2-9H2,1H3;1-2H3. The van der Waals surface area contributed by atoms with E-state index in [9.17, 15) is 0 Å². The molecule has 0 radical (unpaired) electrons. The fourth-order valence-corrected chi connectivity index (χ4v) is 1.93. The smallest absolute Gasteiger partial charge is 0.0597 e. The van der Waals surface area contributed by atoms with Crippen molar-refractivity contribution < 1.29 is 5.11 Å². The summed E-state index contributed by atoms with van der Waals surface area (Å²) in [5.41, 5.74) is 0. The molecule has 0 saturated carbocycles. The van der Waals surface area contributed by atoms with Gasteiger partial charge in [0, 0.05) is 12.6 Å². The van der Waals surface area contributed by atoms with Crippen LogP contribution in [0, 0.1) is 0 Å². The number of aliphatic hydroxyl groups is 1. The summed E-state index contributed by atoms with van der Waals surface area (Å²) in [7, 11) is 0. The molecule has 1 saturated heterocycles. The van der Waals surface area contributed by atoms with E-state index in [0.29, 0.717) is 0 Å². The van der Waals surface area contributed by atoms with Gasteiger partial charge in [0.25, 0.3) is 0 Å². The highest BCUT2D eigenvalue weighted by atomic mass is 16.3. The number of aliphatic hydroxyl groups excluding tert-OH is 1. The third kappa shape index (κ3) is 6.88. The van der Waals surface area contributed by atoms with E-state index in [0.717, 1.165) is 13.1 Å². The molecule has 2 N–H and O–H groups in total. The lowest BCUT2D eigenvalue weighted by molar-refractivity contribution is 0.164. The topological polar surface area (TPSA) is 35.5 Å². The fourth-order valence-electron chi connectivity index (χ4n) is 1.93. The molecule has 0 aromatic heterocycles. The van der Waals surface area contributed by atoms with Gasteiger partial charge in [0.2, 0.25) is 0 Å². The zero-order valence-electron chi connectivity index (χ0n) is 10.6. The third-order valence-corrected chi connectivity index (χ3v) is 2.64. The summed E-state index contributed by atoms with van der Waals surface area (Å²) in [5.74, 6) is 0. The third-order valence-electron chi connectivity index (χ3n) is 2.64. The molecular formula is C12H28N2O. The molecule has 15 heavy (non-hydrogen) atoms. The lowest BCUT2D eigenvalue weighted by Gasteiger charge is -2.29. The second-order valence-electron chi connectivity index (χ2n) is 3.80. The molecule has 0 aromatic carbocycles. The highest BCUT2D eigenvalue weighted by Gasteiger charge is 2.14. The zero-order chi connectivity index (χ0) is 11.5. The van der Waals surface area contributed by atoms with Crippen molar-refractivity contribution in [3.05, 3.63) is 0 Å². The quantitative estimate of drug-likeness (QED) is 0.730. The molecule has 92 valence electrons. The number of piperidine rings is 1. The Morgan fingerprint density at radius 2 is 1.80 bits per heavy atom. The van der Waals surface area contributed by atoms with Crippen molar-refractivity contribution in [2.24, 2.45) is 0 Å². The average Bonchev–Trinajstić information content (AvgIpc) is 2.32. The van der Waals surface area contributed by atoms with Crippen LogP contribution in [-0.2, 0) is 0 Å². The largest absolute Gasteiger partial charge is 0.395 e. The summed E-state index contributed by atoms with van der Waals surface area (Å²) in [6.07, 6.45) is 4.02. The van der Waals surface area contributed by atoms with E-state index >= 15 is 0 Å². The lowest BCUT2D eigenvalue weighted by Crippen LogP contribution is -2.44. The zero-order valence-corrected chi connectivity index (χ0v) is 10.6. The molecule has 1 aliphatic rings. The molecule has 3 nitrogen and oxygen atoms in total. The Labute approximate surface area is 94.9 Å². The summed E-state index contributed by atoms with van der Waals surface area (Å²) < 4.78 is 0. The van der Waals surface area contributed by atoms with Crippen molar-refractivity contribution in [2.75, 3.05) is 32.8 Å². The summed E-state index contributed by atoms with van der Waals surface area (Å²) in [5, 5.41) is 12.4. The van der Waals surface area contributed by atoms with Crippen molar-refractivity contribution in [1.29, 1.82) is 0 Å². The highest BCUT2D eigenvalue weighted by Crippen LogP contribution is 2.08. The van der Waals surface area contributed by atoms with Gasteiger partial charge in [-0.15, -0.1) is 0 Å². The molecule has 1 aliphatic heterocycles. The van der Waals surface area contributed by atoms with Gasteiger partial charge < -0.3 is 15.3 Å². The van der Waals surface area contributed by atoms with Crippen LogP contribution in [0.3, 0.4) is 0 Å². The first kappa shape index (κ1) is 14.9. The van der Waals surface area contributed by atoms with Crippen molar-refractivity contribution in [1.82, 2.24) is 10.2 Å². The molecule has 1 rings (SSSR count). The fraction of sp³-hybridized carbons (Fsp3) is 1.00. The van der Waals surface area contributed by atoms with Gasteiger partial charge in [-0.25, -0.2) is 0 Å². The number of hydrogen-bond acceptors (Lipinski definition) is 3. The first-order chi connectivity index (χ1) is 7.36. The van der Waals surface area contributed by atoms with Crippen molar-refractivity contribution >= 4 is 0 Å². The molecule has 0 aliphatic carbocycles. The maximum Gasteiger partial charge on any atom is 0.0597 e. The van der Waals surface area contributed by atoms with Gasteiger partial charge in [-0.05, 0) is 32.5 Å². The van der Waals surface area contributed by atoms with Crippen LogP contribution in [-0.4, -0.2) is 48.8 Å². The van der Waals surface area contributed by atoms with Crippen LogP contribution in [0.4, 0.5) is 0 Å². The Morgan fingerprint density at radius 1 is 1.20 bits per heavy atom. The van der Waals surface area contributed by atoms with Crippen molar-refractivity contribution in [3.8, 4) is 0 Å². The van der Waals surface area contributed by atoms with E-state index < -0.39 is 0 Å². The Kier molecular flexibility index (Phi) is 10.3. The lowest BCUT2D eigenvalue weighted by atomic mass is 10.1. The molecule has 0 spiro atoms. The van der Waals surface area contributed by atoms with Crippen LogP contribution in [0.2, 0.25) is 0 Å². The monoisotopic (exact) mass is 216 g/mol. The molecule has 0 amide bonds. The number of hydrogen-bond donors (Lipinski definition) is 2. The number of nitrogens with zero attached hydrogens (tertiary/aromatic N) is 1. The summed E-state index contributed by atoms with van der Waals surface area (Å²) in [4.78, 5) is 2.45. The summed E-state index contributed by atoms with van der Waals surface area (Å²) in [6, 6.07) is 0.267. The van der Waals surface area contributed by atoms with Gasteiger partial charge in [-0.1, -0.05) is 27.2 Å². The molecule has 0 aromatic rings. The van der Waals surface area contributed by atoms with E-state index in [1.165, 1.54) is 32.4 Å². The van der Waals surface area contributed by atoms with Crippen LogP contribution >= 0.6 is 0 Å². The van der Waals surface area contributed by atoms with E-state index in [1.807, 2.05) is 13.8 Å². The van der Waals surface area contributed by atoms with Gasteiger partial charge in [-0.3, -0.25) is 0 Å².